The summed E-state index contributed by atoms with van der Waals surface area (Å²) in [4.78, 5) is 0. The minimum absolute atomic E-state index is 1.10. The van der Waals surface area contributed by atoms with Crippen LogP contribution >= 0.6 is 0 Å². The minimum Gasteiger partial charge on any atom is -0.357 e. The van der Waals surface area contributed by atoms with Crippen LogP contribution in [0.5, 0.6) is 0 Å². The lowest BCUT2D eigenvalue weighted by atomic mass is 10.2. The van der Waals surface area contributed by atoms with Gasteiger partial charge >= 0.3 is 0 Å². The molecule has 1 aliphatic heterocycles. The zero-order valence-electron chi connectivity index (χ0n) is 11.0. The average Bonchev–Trinajstić information content (AvgIpc) is 2.65. The third kappa shape index (κ3) is 8.50. The van der Waals surface area contributed by atoms with Crippen molar-refractivity contribution in [1.29, 1.82) is 0 Å². The van der Waals surface area contributed by atoms with Gasteiger partial charge in [0, 0.05) is 32.5 Å². The number of nitrogens with zero attached hydrogens (tertiary/aromatic N) is 2. The molecule has 2 rings (SSSR count). The first-order valence-electron chi connectivity index (χ1n) is 6.35. The number of aromatic nitrogens is 1. The molecule has 0 aromatic carbocycles. The molecular formula is C13H27N3. The fraction of sp³-hybridized carbons (Fsp3) is 0.692. The molecule has 1 aliphatic rings. The highest BCUT2D eigenvalue weighted by molar-refractivity contribution is 4.88. The lowest BCUT2D eigenvalue weighted by molar-refractivity contribution is 0.296. The second-order valence-corrected chi connectivity index (χ2v) is 3.80. The first-order valence-corrected chi connectivity index (χ1v) is 6.35. The average molecular weight is 225 g/mol. The Morgan fingerprint density at radius 1 is 0.875 bits per heavy atom. The van der Waals surface area contributed by atoms with E-state index in [1.165, 1.54) is 25.7 Å². The lowest BCUT2D eigenvalue weighted by Gasteiger charge is -2.10. The van der Waals surface area contributed by atoms with Gasteiger partial charge in [0.1, 0.15) is 0 Å². The van der Waals surface area contributed by atoms with Crippen LogP contribution in [0.25, 0.3) is 0 Å². The Balaban J connectivity index is 0.000000251. The summed E-state index contributed by atoms with van der Waals surface area (Å²) in [5, 5.41) is 1.92. The van der Waals surface area contributed by atoms with Crippen molar-refractivity contribution in [3.8, 4) is 0 Å². The Bertz CT molecular complexity index is 211. The molecule has 0 unspecified atom stereocenters. The molecule has 1 aromatic heterocycles. The van der Waals surface area contributed by atoms with Gasteiger partial charge < -0.3 is 4.57 Å². The smallest absolute Gasteiger partial charge is 0.0128 e. The van der Waals surface area contributed by atoms with E-state index in [0.717, 1.165) is 13.1 Å². The second-order valence-electron chi connectivity index (χ2n) is 3.80. The third-order valence-electron chi connectivity index (χ3n) is 2.39. The van der Waals surface area contributed by atoms with E-state index in [-0.39, 0.29) is 0 Å². The van der Waals surface area contributed by atoms with Crippen LogP contribution in [0.1, 0.15) is 39.5 Å². The van der Waals surface area contributed by atoms with Crippen molar-refractivity contribution in [2.45, 2.75) is 39.5 Å². The van der Waals surface area contributed by atoms with Crippen LogP contribution in [0.15, 0.2) is 24.5 Å². The summed E-state index contributed by atoms with van der Waals surface area (Å²) in [5.74, 6) is 5.57. The van der Waals surface area contributed by atoms with Crippen molar-refractivity contribution < 1.29 is 0 Å². The predicted molar refractivity (Wildman–Crippen MR) is 71.0 cm³/mol. The van der Waals surface area contributed by atoms with E-state index in [2.05, 4.69) is 0 Å². The predicted octanol–water partition coefficient (Wildman–Crippen LogP) is 2.79. The molecule has 1 aromatic rings. The zero-order chi connectivity index (χ0) is 12.2. The largest absolute Gasteiger partial charge is 0.357 e. The van der Waals surface area contributed by atoms with E-state index in [1.54, 1.807) is 0 Å². The van der Waals surface area contributed by atoms with Crippen molar-refractivity contribution in [3.05, 3.63) is 24.5 Å². The number of hydrogen-bond acceptors (Lipinski definition) is 2. The van der Waals surface area contributed by atoms with Crippen LogP contribution in [0.2, 0.25) is 0 Å². The first-order chi connectivity index (χ1) is 7.79. The van der Waals surface area contributed by atoms with E-state index in [0.29, 0.717) is 0 Å². The normalized spacial score (nSPS) is 16.2. The molecule has 0 atom stereocenters. The number of rotatable bonds is 0. The summed E-state index contributed by atoms with van der Waals surface area (Å²) in [6.45, 7) is 6.19. The fourth-order valence-corrected chi connectivity index (χ4v) is 1.52. The maximum absolute atomic E-state index is 5.57. The Labute approximate surface area is 100 Å². The topological polar surface area (TPSA) is 34.2 Å². The van der Waals surface area contributed by atoms with Crippen LogP contribution < -0.4 is 5.84 Å². The van der Waals surface area contributed by atoms with Crippen molar-refractivity contribution >= 4 is 0 Å². The van der Waals surface area contributed by atoms with Crippen molar-refractivity contribution in [1.82, 2.24) is 9.58 Å². The Morgan fingerprint density at radius 3 is 1.62 bits per heavy atom. The number of hydrazine groups is 1. The fourth-order valence-electron chi connectivity index (χ4n) is 1.52. The standard InChI is InChI=1S/C6H14N2.C5H7N.C2H6/c7-8-5-3-1-2-4-6-8;1-6-4-2-3-5-6;1-2/h1-7H2;2-5H,1H3;1-2H3. The van der Waals surface area contributed by atoms with Crippen LogP contribution in [0.3, 0.4) is 0 Å². The van der Waals surface area contributed by atoms with Gasteiger partial charge in [-0.25, -0.2) is 5.01 Å². The highest BCUT2D eigenvalue weighted by Crippen LogP contribution is 2.05. The van der Waals surface area contributed by atoms with Crippen LogP contribution in [0, 0.1) is 0 Å². The summed E-state index contributed by atoms with van der Waals surface area (Å²) < 4.78 is 2.00. The van der Waals surface area contributed by atoms with E-state index >= 15 is 0 Å². The van der Waals surface area contributed by atoms with E-state index in [1.807, 2.05) is 55.0 Å². The Morgan fingerprint density at radius 2 is 1.31 bits per heavy atom. The number of nitrogens with two attached hydrogens (primary N) is 1. The maximum atomic E-state index is 5.57. The molecule has 3 nitrogen and oxygen atoms in total. The third-order valence-corrected chi connectivity index (χ3v) is 2.39. The first kappa shape index (κ1) is 15.2. The molecule has 3 heteroatoms. The summed E-state index contributed by atoms with van der Waals surface area (Å²) in [7, 11) is 2.00. The molecule has 94 valence electrons. The molecule has 16 heavy (non-hydrogen) atoms. The van der Waals surface area contributed by atoms with Gasteiger partial charge in [-0.3, -0.25) is 5.84 Å². The molecular weight excluding hydrogens is 198 g/mol. The van der Waals surface area contributed by atoms with Crippen LogP contribution in [-0.2, 0) is 7.05 Å². The SMILES string of the molecule is CC.Cn1cccc1.NN1CCCCCC1. The molecule has 1 saturated heterocycles. The minimum atomic E-state index is 1.10. The molecule has 0 bridgehead atoms. The van der Waals surface area contributed by atoms with Gasteiger partial charge in [0.25, 0.3) is 0 Å². The monoisotopic (exact) mass is 225 g/mol. The van der Waals surface area contributed by atoms with Crippen LogP contribution in [0.4, 0.5) is 0 Å². The number of hydrogen-bond donors (Lipinski definition) is 1. The summed E-state index contributed by atoms with van der Waals surface area (Å²) in [6.07, 6.45) is 9.31. The summed E-state index contributed by atoms with van der Waals surface area (Å²) >= 11 is 0. The molecule has 2 heterocycles. The van der Waals surface area contributed by atoms with Gasteiger partial charge in [-0.2, -0.15) is 0 Å². The van der Waals surface area contributed by atoms with Crippen molar-refractivity contribution in [2.24, 2.45) is 12.9 Å². The van der Waals surface area contributed by atoms with Gasteiger partial charge in [0.05, 0.1) is 0 Å². The molecule has 0 radical (unpaired) electrons. The second kappa shape index (κ2) is 10.7. The maximum Gasteiger partial charge on any atom is 0.0128 e. The Kier molecular flexibility index (Phi) is 10.2. The van der Waals surface area contributed by atoms with Crippen molar-refractivity contribution in [2.75, 3.05) is 13.1 Å². The Hall–Kier alpha value is -0.800. The molecule has 0 aliphatic carbocycles. The van der Waals surface area contributed by atoms with Gasteiger partial charge in [-0.15, -0.1) is 0 Å². The highest BCUT2D eigenvalue weighted by Gasteiger charge is 2.02. The summed E-state index contributed by atoms with van der Waals surface area (Å²) in [6, 6.07) is 4.00. The number of aryl methyl sites for hydroxylation is 1. The molecule has 0 saturated carbocycles. The van der Waals surface area contributed by atoms with Gasteiger partial charge in [0.15, 0.2) is 0 Å². The van der Waals surface area contributed by atoms with E-state index < -0.39 is 0 Å². The highest BCUT2D eigenvalue weighted by atomic mass is 15.4. The van der Waals surface area contributed by atoms with Gasteiger partial charge in [-0.1, -0.05) is 26.7 Å². The molecule has 0 amide bonds. The zero-order valence-corrected chi connectivity index (χ0v) is 11.0. The van der Waals surface area contributed by atoms with Crippen LogP contribution in [-0.4, -0.2) is 22.7 Å². The molecule has 1 fully saturated rings. The summed E-state index contributed by atoms with van der Waals surface area (Å²) in [5.41, 5.74) is 0. The van der Waals surface area contributed by atoms with E-state index in [4.69, 9.17) is 5.84 Å². The van der Waals surface area contributed by atoms with Gasteiger partial charge in [-0.05, 0) is 25.0 Å². The quantitative estimate of drug-likeness (QED) is 0.689. The molecule has 0 spiro atoms. The molecule has 2 N–H and O–H groups in total. The van der Waals surface area contributed by atoms with Gasteiger partial charge in [0.2, 0.25) is 0 Å². The van der Waals surface area contributed by atoms with E-state index in [9.17, 15) is 0 Å². The lowest BCUT2D eigenvalue weighted by Crippen LogP contribution is -2.31. The van der Waals surface area contributed by atoms with Crippen molar-refractivity contribution in [3.63, 3.8) is 0 Å².